The summed E-state index contributed by atoms with van der Waals surface area (Å²) >= 11 is 7.62. The fraction of sp³-hybridized carbons (Fsp3) is 0.235. The van der Waals surface area contributed by atoms with Crippen molar-refractivity contribution in [2.75, 3.05) is 6.54 Å². The summed E-state index contributed by atoms with van der Waals surface area (Å²) in [6.45, 7) is 2.78. The van der Waals surface area contributed by atoms with E-state index in [1.807, 2.05) is 24.4 Å². The van der Waals surface area contributed by atoms with Gasteiger partial charge in [-0.2, -0.15) is 0 Å². The van der Waals surface area contributed by atoms with Crippen LogP contribution in [-0.4, -0.2) is 27.3 Å². The minimum atomic E-state index is -0.169. The molecule has 124 valence electrons. The van der Waals surface area contributed by atoms with E-state index < -0.39 is 0 Å². The van der Waals surface area contributed by atoms with Gasteiger partial charge in [-0.25, -0.2) is 9.97 Å². The molecule has 0 N–H and O–H groups in total. The van der Waals surface area contributed by atoms with Crippen molar-refractivity contribution in [2.45, 2.75) is 19.9 Å². The van der Waals surface area contributed by atoms with Crippen LogP contribution in [-0.2, 0) is 13.0 Å². The number of pyridine rings is 1. The molecule has 5 nitrogen and oxygen atoms in total. The smallest absolute Gasteiger partial charge is 0.257 e. The normalized spacial score (nSPS) is 10.8. The highest BCUT2D eigenvalue weighted by molar-refractivity contribution is 7.07. The number of carbonyl (C=O) groups excluding carboxylic acids is 1. The van der Waals surface area contributed by atoms with Gasteiger partial charge in [-0.1, -0.05) is 11.6 Å². The summed E-state index contributed by atoms with van der Waals surface area (Å²) in [7, 11) is 0. The molecule has 0 unspecified atom stereocenters. The van der Waals surface area contributed by atoms with E-state index in [0.717, 1.165) is 17.2 Å². The van der Waals surface area contributed by atoms with Crippen LogP contribution < -0.4 is 0 Å². The van der Waals surface area contributed by atoms with E-state index in [9.17, 15) is 4.79 Å². The SMILES string of the molecule is Cc1ccc(CN(CCc2cscn2)C(=O)c2cccnc2Cl)o1. The van der Waals surface area contributed by atoms with Crippen LogP contribution in [0, 0.1) is 6.92 Å². The van der Waals surface area contributed by atoms with Crippen LogP contribution in [0.25, 0.3) is 0 Å². The van der Waals surface area contributed by atoms with Crippen LogP contribution in [0.2, 0.25) is 5.15 Å². The molecular formula is C17H16ClN3O2S. The Morgan fingerprint density at radius 1 is 1.33 bits per heavy atom. The maximum absolute atomic E-state index is 12.9. The minimum absolute atomic E-state index is 0.169. The van der Waals surface area contributed by atoms with Crippen molar-refractivity contribution in [3.05, 3.63) is 69.3 Å². The summed E-state index contributed by atoms with van der Waals surface area (Å²) in [5, 5.41) is 2.19. The number of aromatic nitrogens is 2. The molecule has 0 radical (unpaired) electrons. The van der Waals surface area contributed by atoms with Crippen molar-refractivity contribution >= 4 is 28.8 Å². The van der Waals surface area contributed by atoms with E-state index >= 15 is 0 Å². The average Bonchev–Trinajstić information content (AvgIpc) is 3.23. The number of hydrogen-bond donors (Lipinski definition) is 0. The minimum Gasteiger partial charge on any atom is -0.464 e. The van der Waals surface area contributed by atoms with E-state index in [2.05, 4.69) is 9.97 Å². The van der Waals surface area contributed by atoms with E-state index in [0.29, 0.717) is 25.1 Å². The van der Waals surface area contributed by atoms with Crippen molar-refractivity contribution in [1.82, 2.24) is 14.9 Å². The van der Waals surface area contributed by atoms with Gasteiger partial charge in [-0.3, -0.25) is 4.79 Å². The summed E-state index contributed by atoms with van der Waals surface area (Å²) in [6, 6.07) is 7.15. The molecule has 7 heteroatoms. The highest BCUT2D eigenvalue weighted by atomic mass is 35.5. The zero-order chi connectivity index (χ0) is 16.9. The maximum Gasteiger partial charge on any atom is 0.257 e. The molecule has 3 aromatic rings. The highest BCUT2D eigenvalue weighted by Gasteiger charge is 2.20. The lowest BCUT2D eigenvalue weighted by Gasteiger charge is -2.21. The Morgan fingerprint density at radius 3 is 2.88 bits per heavy atom. The Kier molecular flexibility index (Phi) is 5.27. The molecule has 0 saturated heterocycles. The van der Waals surface area contributed by atoms with Crippen LogP contribution in [0.5, 0.6) is 0 Å². The van der Waals surface area contributed by atoms with E-state index in [1.165, 1.54) is 0 Å². The zero-order valence-corrected chi connectivity index (χ0v) is 14.7. The lowest BCUT2D eigenvalue weighted by Crippen LogP contribution is -2.32. The summed E-state index contributed by atoms with van der Waals surface area (Å²) in [6.07, 6.45) is 2.24. The number of hydrogen-bond acceptors (Lipinski definition) is 5. The van der Waals surface area contributed by atoms with Crippen LogP contribution >= 0.6 is 22.9 Å². The van der Waals surface area contributed by atoms with Gasteiger partial charge in [-0.05, 0) is 31.2 Å². The molecule has 0 fully saturated rings. The first-order valence-corrected chi connectivity index (χ1v) is 8.78. The summed E-state index contributed by atoms with van der Waals surface area (Å²) < 4.78 is 5.61. The molecule has 3 rings (SSSR count). The zero-order valence-electron chi connectivity index (χ0n) is 13.1. The molecule has 3 aromatic heterocycles. The maximum atomic E-state index is 12.9. The molecule has 1 amide bonds. The van der Waals surface area contributed by atoms with E-state index in [4.69, 9.17) is 16.0 Å². The standard InChI is InChI=1S/C17H16ClN3O2S/c1-12-4-5-14(23-12)9-21(8-6-13-10-24-11-20-13)17(22)15-3-2-7-19-16(15)18/h2-5,7,10-11H,6,8-9H2,1H3. The second-order valence-electron chi connectivity index (χ2n) is 5.31. The Morgan fingerprint density at radius 2 is 2.21 bits per heavy atom. The largest absolute Gasteiger partial charge is 0.464 e. The number of aryl methyl sites for hydroxylation is 1. The number of carbonyl (C=O) groups is 1. The molecule has 0 aliphatic heterocycles. The third-order valence-corrected chi connectivity index (χ3v) is 4.48. The molecule has 0 atom stereocenters. The second kappa shape index (κ2) is 7.59. The topological polar surface area (TPSA) is 59.2 Å². The molecule has 0 saturated carbocycles. The van der Waals surface area contributed by atoms with Crippen LogP contribution in [0.3, 0.4) is 0 Å². The first-order chi connectivity index (χ1) is 11.6. The number of halogens is 1. The van der Waals surface area contributed by atoms with Gasteiger partial charge in [0.1, 0.15) is 16.7 Å². The van der Waals surface area contributed by atoms with Gasteiger partial charge in [0.25, 0.3) is 5.91 Å². The third-order valence-electron chi connectivity index (χ3n) is 3.54. The van der Waals surface area contributed by atoms with Gasteiger partial charge in [0.2, 0.25) is 0 Å². The van der Waals surface area contributed by atoms with Crippen molar-refractivity contribution in [1.29, 1.82) is 0 Å². The van der Waals surface area contributed by atoms with Gasteiger partial charge in [0.05, 0.1) is 23.3 Å². The fourth-order valence-electron chi connectivity index (χ4n) is 2.34. The molecule has 0 spiro atoms. The fourth-order valence-corrected chi connectivity index (χ4v) is 3.13. The molecule has 0 aliphatic rings. The summed E-state index contributed by atoms with van der Waals surface area (Å²) in [4.78, 5) is 22.8. The number of nitrogens with zero attached hydrogens (tertiary/aromatic N) is 3. The van der Waals surface area contributed by atoms with Gasteiger partial charge < -0.3 is 9.32 Å². The number of amides is 1. The van der Waals surface area contributed by atoms with Gasteiger partial charge >= 0.3 is 0 Å². The number of rotatable bonds is 6. The Bertz CT molecular complexity index is 817. The van der Waals surface area contributed by atoms with Crippen molar-refractivity contribution in [2.24, 2.45) is 0 Å². The van der Waals surface area contributed by atoms with Crippen molar-refractivity contribution in [3.8, 4) is 0 Å². The first-order valence-electron chi connectivity index (χ1n) is 7.45. The quantitative estimate of drug-likeness (QED) is 0.623. The van der Waals surface area contributed by atoms with Gasteiger partial charge in [0, 0.05) is 24.5 Å². The predicted octanol–water partition coefficient (Wildman–Crippen LogP) is 3.98. The molecule has 0 bridgehead atoms. The third kappa shape index (κ3) is 4.01. The monoisotopic (exact) mass is 361 g/mol. The van der Waals surface area contributed by atoms with Crippen LogP contribution in [0.4, 0.5) is 0 Å². The molecule has 3 heterocycles. The Labute approximate surface area is 148 Å². The van der Waals surface area contributed by atoms with Crippen LogP contribution in [0.1, 0.15) is 27.6 Å². The summed E-state index contributed by atoms with van der Waals surface area (Å²) in [5.74, 6) is 1.38. The molecule has 0 aliphatic carbocycles. The Hall–Kier alpha value is -2.18. The predicted molar refractivity (Wildman–Crippen MR) is 93.3 cm³/mol. The van der Waals surface area contributed by atoms with Crippen molar-refractivity contribution < 1.29 is 9.21 Å². The van der Waals surface area contributed by atoms with E-state index in [-0.39, 0.29) is 11.1 Å². The highest BCUT2D eigenvalue weighted by Crippen LogP contribution is 2.18. The lowest BCUT2D eigenvalue weighted by atomic mass is 10.2. The first kappa shape index (κ1) is 16.7. The Balaban J connectivity index is 1.80. The van der Waals surface area contributed by atoms with Gasteiger partial charge in [0.15, 0.2) is 0 Å². The van der Waals surface area contributed by atoms with Gasteiger partial charge in [-0.15, -0.1) is 11.3 Å². The number of furan rings is 1. The van der Waals surface area contributed by atoms with Crippen LogP contribution in [0.15, 0.2) is 45.8 Å². The second-order valence-corrected chi connectivity index (χ2v) is 6.39. The number of thiazole rings is 1. The lowest BCUT2D eigenvalue weighted by molar-refractivity contribution is 0.0732. The van der Waals surface area contributed by atoms with E-state index in [1.54, 1.807) is 40.1 Å². The molecule has 24 heavy (non-hydrogen) atoms. The summed E-state index contributed by atoms with van der Waals surface area (Å²) in [5.41, 5.74) is 3.14. The molecular weight excluding hydrogens is 346 g/mol. The van der Waals surface area contributed by atoms with Crippen molar-refractivity contribution in [3.63, 3.8) is 0 Å². The molecule has 0 aromatic carbocycles. The average molecular weight is 362 g/mol.